The van der Waals surface area contributed by atoms with E-state index in [1.54, 1.807) is 0 Å². The molecule has 0 aromatic rings. The normalized spacial score (nSPS) is 11.9. The van der Waals surface area contributed by atoms with Gasteiger partial charge in [-0.15, -0.1) is 0 Å². The Labute approximate surface area is 136 Å². The van der Waals surface area contributed by atoms with Crippen molar-refractivity contribution in [2.24, 2.45) is 0 Å². The minimum atomic E-state index is -0.378. The molecule has 19 heavy (non-hydrogen) atoms. The number of hydrogen-bond acceptors (Lipinski definition) is 2. The first-order valence-electron chi connectivity index (χ1n) is 7.28. The maximum absolute atomic E-state index is 12.0. The summed E-state index contributed by atoms with van der Waals surface area (Å²) in [7, 11) is 2.18. The van der Waals surface area contributed by atoms with Crippen molar-refractivity contribution in [2.75, 3.05) is 26.7 Å². The topological polar surface area (TPSA) is 26.3 Å². The molecule has 0 radical (unpaired) electrons. The second-order valence-electron chi connectivity index (χ2n) is 6.52. The van der Waals surface area contributed by atoms with E-state index in [0.29, 0.717) is 6.54 Å². The van der Waals surface area contributed by atoms with Gasteiger partial charge in [-0.3, -0.25) is 0 Å². The monoisotopic (exact) mass is 385 g/mol. The SMILES string of the molecule is CCCC[N+](C)(CCCC)CC(=O)OC(C)(C)C.[I-]. The van der Waals surface area contributed by atoms with Crippen molar-refractivity contribution in [1.29, 1.82) is 0 Å². The van der Waals surface area contributed by atoms with E-state index in [2.05, 4.69) is 20.9 Å². The Hall–Kier alpha value is 0.160. The van der Waals surface area contributed by atoms with E-state index in [1.165, 1.54) is 25.7 Å². The van der Waals surface area contributed by atoms with E-state index in [9.17, 15) is 4.79 Å². The van der Waals surface area contributed by atoms with Gasteiger partial charge in [0.05, 0.1) is 20.1 Å². The fourth-order valence-corrected chi connectivity index (χ4v) is 2.04. The van der Waals surface area contributed by atoms with Crippen molar-refractivity contribution < 1.29 is 38.0 Å². The molecule has 0 spiro atoms. The lowest BCUT2D eigenvalue weighted by Crippen LogP contribution is -3.00. The van der Waals surface area contributed by atoms with Gasteiger partial charge in [0.2, 0.25) is 0 Å². The van der Waals surface area contributed by atoms with Gasteiger partial charge in [-0.25, -0.2) is 4.79 Å². The molecule has 0 saturated heterocycles. The van der Waals surface area contributed by atoms with Crippen LogP contribution in [0.2, 0.25) is 0 Å². The number of ether oxygens (including phenoxy) is 1. The summed E-state index contributed by atoms with van der Waals surface area (Å²) in [6.07, 6.45) is 4.69. The summed E-state index contributed by atoms with van der Waals surface area (Å²) < 4.78 is 6.25. The van der Waals surface area contributed by atoms with E-state index in [-0.39, 0.29) is 35.5 Å². The molecule has 0 aromatic heterocycles. The van der Waals surface area contributed by atoms with E-state index < -0.39 is 0 Å². The Morgan fingerprint density at radius 3 is 1.79 bits per heavy atom. The molecular formula is C15H32INO2. The predicted octanol–water partition coefficient (Wildman–Crippen LogP) is 0.379. The van der Waals surface area contributed by atoms with Crippen molar-refractivity contribution in [3.05, 3.63) is 0 Å². The van der Waals surface area contributed by atoms with Gasteiger partial charge < -0.3 is 33.2 Å². The van der Waals surface area contributed by atoms with Crippen molar-refractivity contribution >= 4 is 5.97 Å². The second kappa shape index (κ2) is 9.97. The highest BCUT2D eigenvalue weighted by Gasteiger charge is 2.27. The zero-order chi connectivity index (χ0) is 14.2. The summed E-state index contributed by atoms with van der Waals surface area (Å²) >= 11 is 0. The van der Waals surface area contributed by atoms with Crippen LogP contribution in [0.25, 0.3) is 0 Å². The maximum atomic E-state index is 12.0. The zero-order valence-electron chi connectivity index (χ0n) is 13.6. The third kappa shape index (κ3) is 11.7. The molecule has 0 unspecified atom stereocenters. The molecule has 0 fully saturated rings. The van der Waals surface area contributed by atoms with Crippen molar-refractivity contribution in [1.82, 2.24) is 0 Å². The Kier molecular flexibility index (Phi) is 11.3. The van der Waals surface area contributed by atoms with Crippen molar-refractivity contribution in [2.45, 2.75) is 65.9 Å². The number of halogens is 1. The predicted molar refractivity (Wildman–Crippen MR) is 76.4 cm³/mol. The fraction of sp³-hybridized carbons (Fsp3) is 0.933. The quantitative estimate of drug-likeness (QED) is 0.343. The summed E-state index contributed by atoms with van der Waals surface area (Å²) in [6.45, 7) is 12.8. The average Bonchev–Trinajstić information content (AvgIpc) is 2.21. The van der Waals surface area contributed by atoms with E-state index in [1.807, 2.05) is 20.8 Å². The molecule has 0 amide bonds. The smallest absolute Gasteiger partial charge is 0.362 e. The molecule has 0 rings (SSSR count). The van der Waals surface area contributed by atoms with E-state index >= 15 is 0 Å². The second-order valence-corrected chi connectivity index (χ2v) is 6.52. The van der Waals surface area contributed by atoms with Crippen LogP contribution in [0, 0.1) is 0 Å². The highest BCUT2D eigenvalue weighted by Crippen LogP contribution is 2.12. The Balaban J connectivity index is 0. The van der Waals surface area contributed by atoms with E-state index in [0.717, 1.165) is 17.6 Å². The van der Waals surface area contributed by atoms with Crippen LogP contribution < -0.4 is 24.0 Å². The summed E-state index contributed by atoms with van der Waals surface area (Å²) in [4.78, 5) is 12.0. The maximum Gasteiger partial charge on any atom is 0.362 e. The molecule has 0 aliphatic heterocycles. The molecule has 0 N–H and O–H groups in total. The van der Waals surface area contributed by atoms with Gasteiger partial charge in [0.25, 0.3) is 0 Å². The van der Waals surface area contributed by atoms with Gasteiger partial charge >= 0.3 is 5.97 Å². The fourth-order valence-electron chi connectivity index (χ4n) is 2.04. The molecule has 0 aliphatic carbocycles. The summed E-state index contributed by atoms with van der Waals surface area (Å²) in [5.41, 5.74) is -0.378. The van der Waals surface area contributed by atoms with Crippen LogP contribution in [0.15, 0.2) is 0 Å². The number of hydrogen-bond donors (Lipinski definition) is 0. The van der Waals surface area contributed by atoms with Gasteiger partial charge in [0.15, 0.2) is 6.54 Å². The van der Waals surface area contributed by atoms with E-state index in [4.69, 9.17) is 4.74 Å². The number of carbonyl (C=O) groups is 1. The van der Waals surface area contributed by atoms with Gasteiger partial charge in [-0.2, -0.15) is 0 Å². The number of nitrogens with zero attached hydrogens (tertiary/aromatic N) is 1. The molecule has 4 heteroatoms. The van der Waals surface area contributed by atoms with Crippen LogP contribution in [0.5, 0.6) is 0 Å². The van der Waals surface area contributed by atoms with Crippen LogP contribution >= 0.6 is 0 Å². The van der Waals surface area contributed by atoms with Crippen LogP contribution in [0.1, 0.15) is 60.3 Å². The lowest BCUT2D eigenvalue weighted by Gasteiger charge is -2.34. The molecule has 3 nitrogen and oxygen atoms in total. The standard InChI is InChI=1S/C15H32NO2.HI/c1-7-9-11-16(6,12-10-8-2)13-14(17)18-15(3,4)5;/h7-13H2,1-6H3;1H/q+1;/p-1. The van der Waals surface area contributed by atoms with Crippen molar-refractivity contribution in [3.63, 3.8) is 0 Å². The van der Waals surface area contributed by atoms with Gasteiger partial charge in [-0.1, -0.05) is 26.7 Å². The number of quaternary nitrogens is 1. The first-order chi connectivity index (χ1) is 8.22. The average molecular weight is 385 g/mol. The lowest BCUT2D eigenvalue weighted by atomic mass is 10.2. The highest BCUT2D eigenvalue weighted by atomic mass is 127. The molecular weight excluding hydrogens is 353 g/mol. The third-order valence-electron chi connectivity index (χ3n) is 3.03. The number of carbonyl (C=O) groups excluding carboxylic acids is 1. The number of unbranched alkanes of at least 4 members (excludes halogenated alkanes) is 2. The van der Waals surface area contributed by atoms with Gasteiger partial charge in [0, 0.05) is 0 Å². The first-order valence-corrected chi connectivity index (χ1v) is 7.28. The summed E-state index contributed by atoms with van der Waals surface area (Å²) in [5.74, 6) is -0.0720. The minimum Gasteiger partial charge on any atom is -1.00 e. The Bertz CT molecular complexity index is 241. The summed E-state index contributed by atoms with van der Waals surface area (Å²) in [6, 6.07) is 0. The minimum absolute atomic E-state index is 0. The first kappa shape index (κ1) is 21.5. The van der Waals surface area contributed by atoms with Gasteiger partial charge in [0.1, 0.15) is 5.60 Å². The van der Waals surface area contributed by atoms with Gasteiger partial charge in [-0.05, 0) is 33.6 Å². The summed E-state index contributed by atoms with van der Waals surface area (Å²) in [5, 5.41) is 0. The van der Waals surface area contributed by atoms with Crippen molar-refractivity contribution in [3.8, 4) is 0 Å². The number of esters is 1. The highest BCUT2D eigenvalue weighted by molar-refractivity contribution is 5.71. The molecule has 0 saturated carbocycles. The number of likely N-dealkylation sites (N-methyl/N-ethyl adjacent to an activating group) is 1. The van der Waals surface area contributed by atoms with Crippen LogP contribution in [-0.4, -0.2) is 42.7 Å². The molecule has 116 valence electrons. The zero-order valence-corrected chi connectivity index (χ0v) is 15.7. The van der Waals surface area contributed by atoms with Crippen LogP contribution in [0.3, 0.4) is 0 Å². The molecule has 0 aromatic carbocycles. The van der Waals surface area contributed by atoms with Crippen LogP contribution in [-0.2, 0) is 9.53 Å². The molecule has 0 heterocycles. The molecule has 0 bridgehead atoms. The molecule has 0 atom stereocenters. The largest absolute Gasteiger partial charge is 1.00 e. The Morgan fingerprint density at radius 1 is 1.05 bits per heavy atom. The Morgan fingerprint density at radius 2 is 1.47 bits per heavy atom. The third-order valence-corrected chi connectivity index (χ3v) is 3.03. The lowest BCUT2D eigenvalue weighted by molar-refractivity contribution is -0.903. The van der Waals surface area contributed by atoms with Crippen LogP contribution in [0.4, 0.5) is 0 Å². The number of rotatable bonds is 8. The molecule has 0 aliphatic rings.